The minimum absolute atomic E-state index is 0.304. The Hall–Kier alpha value is -2.80. The van der Waals surface area contributed by atoms with E-state index < -0.39 is 0 Å². The molecule has 1 aliphatic rings. The number of pyridine rings is 1. The normalized spacial score (nSPS) is 15.6. The molecule has 0 saturated heterocycles. The maximum absolute atomic E-state index is 6.08. The Morgan fingerprint density at radius 3 is 2.81 bits per heavy atom. The van der Waals surface area contributed by atoms with Crippen LogP contribution in [0.5, 0.6) is 11.5 Å². The summed E-state index contributed by atoms with van der Waals surface area (Å²) in [6.07, 6.45) is 3.32. The van der Waals surface area contributed by atoms with Gasteiger partial charge in [-0.05, 0) is 24.3 Å². The molecule has 26 heavy (non-hydrogen) atoms. The molecule has 2 aromatic heterocycles. The molecule has 0 amide bonds. The summed E-state index contributed by atoms with van der Waals surface area (Å²) in [6.45, 7) is 4.85. The quantitative estimate of drug-likeness (QED) is 0.490. The van der Waals surface area contributed by atoms with Gasteiger partial charge in [0, 0.05) is 18.5 Å². The van der Waals surface area contributed by atoms with Crippen LogP contribution in [0.3, 0.4) is 0 Å². The molecule has 6 nitrogen and oxygen atoms in total. The molecule has 4 rings (SSSR count). The first-order chi connectivity index (χ1) is 12.8. The van der Waals surface area contributed by atoms with Crippen LogP contribution in [-0.2, 0) is 12.3 Å². The average Bonchev–Trinajstić information content (AvgIpc) is 3.10. The van der Waals surface area contributed by atoms with Crippen LogP contribution < -0.4 is 9.47 Å². The molecule has 0 spiro atoms. The van der Waals surface area contributed by atoms with Gasteiger partial charge < -0.3 is 9.47 Å². The van der Waals surface area contributed by atoms with Crippen molar-refractivity contribution >= 4 is 11.8 Å². The summed E-state index contributed by atoms with van der Waals surface area (Å²) in [5.41, 5.74) is 0.999. The molecule has 1 aromatic carbocycles. The van der Waals surface area contributed by atoms with E-state index in [0.717, 1.165) is 33.9 Å². The second-order valence-electron chi connectivity index (χ2n) is 5.71. The zero-order valence-corrected chi connectivity index (χ0v) is 14.9. The first kappa shape index (κ1) is 16.7. The maximum Gasteiger partial charge on any atom is 0.192 e. The Morgan fingerprint density at radius 2 is 2.00 bits per heavy atom. The van der Waals surface area contributed by atoms with Gasteiger partial charge in [-0.15, -0.1) is 16.8 Å². The first-order valence-electron chi connectivity index (χ1n) is 8.30. The minimum Gasteiger partial charge on any atom is -0.485 e. The van der Waals surface area contributed by atoms with E-state index in [1.165, 1.54) is 0 Å². The highest BCUT2D eigenvalue weighted by molar-refractivity contribution is 7.98. The van der Waals surface area contributed by atoms with Crippen molar-refractivity contribution in [2.24, 2.45) is 0 Å². The van der Waals surface area contributed by atoms with Crippen LogP contribution in [0.4, 0.5) is 0 Å². The van der Waals surface area contributed by atoms with Crippen molar-refractivity contribution in [3.05, 3.63) is 72.8 Å². The lowest BCUT2D eigenvalue weighted by molar-refractivity contribution is 0.0821. The van der Waals surface area contributed by atoms with Gasteiger partial charge in [-0.3, -0.25) is 9.55 Å². The number of aromatic nitrogens is 4. The van der Waals surface area contributed by atoms with E-state index in [-0.39, 0.29) is 6.10 Å². The fourth-order valence-corrected chi connectivity index (χ4v) is 3.58. The Balaban J connectivity index is 1.55. The molecule has 0 radical (unpaired) electrons. The van der Waals surface area contributed by atoms with Gasteiger partial charge in [-0.25, -0.2) is 0 Å². The van der Waals surface area contributed by atoms with Crippen molar-refractivity contribution in [3.8, 4) is 11.5 Å². The molecule has 1 aliphatic heterocycles. The molecular formula is C19H18N4O2S. The number of hydrogen-bond donors (Lipinski definition) is 0. The molecule has 0 saturated carbocycles. The summed E-state index contributed by atoms with van der Waals surface area (Å²) >= 11 is 1.59. The SMILES string of the molecule is C=CCn1c(SCc2ccccn2)nnc1C1COc2ccccc2O1. The summed E-state index contributed by atoms with van der Waals surface area (Å²) in [6, 6.07) is 13.5. The predicted octanol–water partition coefficient (Wildman–Crippen LogP) is 3.66. The monoisotopic (exact) mass is 366 g/mol. The summed E-state index contributed by atoms with van der Waals surface area (Å²) in [4.78, 5) is 4.35. The summed E-state index contributed by atoms with van der Waals surface area (Å²) in [5, 5.41) is 9.52. The second-order valence-corrected chi connectivity index (χ2v) is 6.66. The summed E-state index contributed by atoms with van der Waals surface area (Å²) in [5.74, 6) is 2.94. The summed E-state index contributed by atoms with van der Waals surface area (Å²) in [7, 11) is 0. The Morgan fingerprint density at radius 1 is 1.15 bits per heavy atom. The molecular weight excluding hydrogens is 348 g/mol. The van der Waals surface area contributed by atoms with Crippen molar-refractivity contribution in [2.75, 3.05) is 6.61 Å². The van der Waals surface area contributed by atoms with Crippen molar-refractivity contribution in [2.45, 2.75) is 23.6 Å². The number of hydrogen-bond acceptors (Lipinski definition) is 6. The molecule has 1 unspecified atom stereocenters. The van der Waals surface area contributed by atoms with Crippen molar-refractivity contribution in [1.29, 1.82) is 0 Å². The topological polar surface area (TPSA) is 62.1 Å². The van der Waals surface area contributed by atoms with Crippen molar-refractivity contribution in [3.63, 3.8) is 0 Å². The molecule has 0 bridgehead atoms. The number of ether oxygens (including phenoxy) is 2. The fraction of sp³-hybridized carbons (Fsp3) is 0.211. The average molecular weight is 366 g/mol. The van der Waals surface area contributed by atoms with E-state index in [4.69, 9.17) is 9.47 Å². The van der Waals surface area contributed by atoms with Gasteiger partial charge >= 0.3 is 0 Å². The number of rotatable bonds is 6. The molecule has 0 N–H and O–H groups in total. The molecule has 0 fully saturated rings. The van der Waals surface area contributed by atoms with Gasteiger partial charge in [-0.1, -0.05) is 36.0 Å². The molecule has 3 heterocycles. The molecule has 1 atom stereocenters. The predicted molar refractivity (Wildman–Crippen MR) is 99.3 cm³/mol. The van der Waals surface area contributed by atoms with E-state index in [0.29, 0.717) is 13.2 Å². The van der Waals surface area contributed by atoms with Gasteiger partial charge in [0.25, 0.3) is 0 Å². The molecule has 0 aliphatic carbocycles. The van der Waals surface area contributed by atoms with Gasteiger partial charge in [0.1, 0.15) is 6.61 Å². The Bertz CT molecular complexity index is 898. The standard InChI is InChI=1S/C19H18N4O2S/c1-2-11-23-18(17-12-24-15-8-3-4-9-16(15)25-17)21-22-19(23)26-13-14-7-5-6-10-20-14/h2-10,17H,1,11-13H2. The third kappa shape index (κ3) is 3.43. The van der Waals surface area contributed by atoms with Gasteiger partial charge in [0.05, 0.1) is 5.69 Å². The number of fused-ring (bicyclic) bond motifs is 1. The van der Waals surface area contributed by atoms with Crippen LogP contribution in [0.15, 0.2) is 66.5 Å². The Labute approximate surface area is 155 Å². The van der Waals surface area contributed by atoms with E-state index in [9.17, 15) is 0 Å². The smallest absolute Gasteiger partial charge is 0.192 e. The van der Waals surface area contributed by atoms with Gasteiger partial charge in [0.15, 0.2) is 28.6 Å². The third-order valence-electron chi connectivity index (χ3n) is 3.93. The number of benzene rings is 1. The Kier molecular flexibility index (Phi) is 4.88. The molecule has 3 aromatic rings. The highest BCUT2D eigenvalue weighted by Crippen LogP contribution is 2.36. The zero-order chi connectivity index (χ0) is 17.8. The lowest BCUT2D eigenvalue weighted by Gasteiger charge is -2.26. The van der Waals surface area contributed by atoms with E-state index in [2.05, 4.69) is 21.8 Å². The molecule has 7 heteroatoms. The number of allylic oxidation sites excluding steroid dienone is 1. The van der Waals surface area contributed by atoms with Crippen LogP contribution in [-0.4, -0.2) is 26.4 Å². The summed E-state index contributed by atoms with van der Waals surface area (Å²) < 4.78 is 13.9. The van der Waals surface area contributed by atoms with E-state index >= 15 is 0 Å². The van der Waals surface area contributed by atoms with Gasteiger partial charge in [-0.2, -0.15) is 0 Å². The number of para-hydroxylation sites is 2. The second kappa shape index (κ2) is 7.61. The lowest BCUT2D eigenvalue weighted by Crippen LogP contribution is -2.25. The van der Waals surface area contributed by atoms with E-state index in [1.54, 1.807) is 18.0 Å². The third-order valence-corrected chi connectivity index (χ3v) is 4.93. The van der Waals surface area contributed by atoms with Gasteiger partial charge in [0.2, 0.25) is 0 Å². The van der Waals surface area contributed by atoms with Crippen LogP contribution in [0.25, 0.3) is 0 Å². The first-order valence-corrected chi connectivity index (χ1v) is 9.29. The number of thioether (sulfide) groups is 1. The van der Waals surface area contributed by atoms with Crippen LogP contribution in [0.1, 0.15) is 17.6 Å². The minimum atomic E-state index is -0.304. The highest BCUT2D eigenvalue weighted by Gasteiger charge is 2.28. The highest BCUT2D eigenvalue weighted by atomic mass is 32.2. The van der Waals surface area contributed by atoms with E-state index in [1.807, 2.05) is 53.1 Å². The number of nitrogens with zero attached hydrogens (tertiary/aromatic N) is 4. The van der Waals surface area contributed by atoms with Crippen molar-refractivity contribution in [1.82, 2.24) is 19.7 Å². The maximum atomic E-state index is 6.08. The lowest BCUT2D eigenvalue weighted by atomic mass is 10.2. The van der Waals surface area contributed by atoms with Crippen LogP contribution in [0, 0.1) is 0 Å². The fourth-order valence-electron chi connectivity index (χ4n) is 2.71. The van der Waals surface area contributed by atoms with Crippen LogP contribution >= 0.6 is 11.8 Å². The molecule has 132 valence electrons. The van der Waals surface area contributed by atoms with Crippen molar-refractivity contribution < 1.29 is 9.47 Å². The largest absolute Gasteiger partial charge is 0.485 e. The van der Waals surface area contributed by atoms with Crippen LogP contribution in [0.2, 0.25) is 0 Å². The zero-order valence-electron chi connectivity index (χ0n) is 14.1.